The van der Waals surface area contributed by atoms with E-state index in [9.17, 15) is 18.8 Å². The minimum absolute atomic E-state index is 0.0378. The number of Topliss-reactive ketones (excluding diaryl/α,β-unsaturated/α-hetero) is 1. The average Bonchev–Trinajstić information content (AvgIpc) is 3.62. The van der Waals surface area contributed by atoms with Gasteiger partial charge in [0.1, 0.15) is 5.58 Å². The molecule has 0 radical (unpaired) electrons. The first-order valence-corrected chi connectivity index (χ1v) is 17.0. The summed E-state index contributed by atoms with van der Waals surface area (Å²) in [5.41, 5.74) is 1.44. The van der Waals surface area contributed by atoms with Gasteiger partial charge in [0.05, 0.1) is 25.4 Å². The summed E-state index contributed by atoms with van der Waals surface area (Å²) < 4.78 is 30.1. The maximum Gasteiger partial charge on any atom is 0.374 e. The zero-order valence-electron chi connectivity index (χ0n) is 26.3. The molecular formula is C36H48FNO6. The number of ether oxygens (including phenoxy) is 2. The highest BCUT2D eigenvalue weighted by Gasteiger charge is 2.47. The number of esters is 1. The zero-order valence-corrected chi connectivity index (χ0v) is 26.3. The van der Waals surface area contributed by atoms with Gasteiger partial charge in [-0.1, -0.05) is 13.0 Å². The molecule has 1 amide bonds. The summed E-state index contributed by atoms with van der Waals surface area (Å²) in [7, 11) is 1.77. The molecule has 4 fully saturated rings. The van der Waals surface area contributed by atoms with E-state index in [1.807, 2.05) is 30.0 Å². The first-order valence-electron chi connectivity index (χ1n) is 17.0. The first kappa shape index (κ1) is 31.3. The molecule has 4 aliphatic rings. The van der Waals surface area contributed by atoms with Crippen LogP contribution in [-0.2, 0) is 25.5 Å². The molecular weight excluding hydrogens is 561 g/mol. The summed E-state index contributed by atoms with van der Waals surface area (Å²) in [5.74, 6) is 1.23. The van der Waals surface area contributed by atoms with E-state index in [0.717, 1.165) is 81.6 Å². The van der Waals surface area contributed by atoms with Crippen molar-refractivity contribution < 1.29 is 32.7 Å². The van der Waals surface area contributed by atoms with Crippen LogP contribution in [0.2, 0.25) is 0 Å². The van der Waals surface area contributed by atoms with Gasteiger partial charge >= 0.3 is 5.97 Å². The maximum atomic E-state index is 14.2. The third-order valence-corrected chi connectivity index (χ3v) is 11.2. The molecule has 0 unspecified atom stereocenters. The van der Waals surface area contributed by atoms with E-state index in [0.29, 0.717) is 36.5 Å². The van der Waals surface area contributed by atoms with Crippen LogP contribution in [0.1, 0.15) is 93.7 Å². The van der Waals surface area contributed by atoms with Gasteiger partial charge in [-0.3, -0.25) is 14.0 Å². The summed E-state index contributed by atoms with van der Waals surface area (Å²) in [4.78, 5) is 42.6. The number of carbonyl (C=O) groups excluding carboxylic acids is 3. The van der Waals surface area contributed by atoms with E-state index >= 15 is 0 Å². The monoisotopic (exact) mass is 609 g/mol. The number of furan rings is 1. The van der Waals surface area contributed by atoms with Crippen molar-refractivity contribution in [2.24, 2.45) is 35.5 Å². The minimum atomic E-state index is -0.454. The van der Waals surface area contributed by atoms with Gasteiger partial charge in [0, 0.05) is 31.4 Å². The highest BCUT2D eigenvalue weighted by atomic mass is 19.1. The van der Waals surface area contributed by atoms with E-state index in [2.05, 4.69) is 0 Å². The van der Waals surface area contributed by atoms with Gasteiger partial charge in [0.2, 0.25) is 11.7 Å². The van der Waals surface area contributed by atoms with E-state index < -0.39 is 12.0 Å². The lowest BCUT2D eigenvalue weighted by Gasteiger charge is -2.37. The quantitative estimate of drug-likeness (QED) is 0.257. The maximum absolute atomic E-state index is 14.2. The Kier molecular flexibility index (Phi) is 9.74. The lowest BCUT2D eigenvalue weighted by Crippen LogP contribution is -2.48. The number of hydrogen-bond acceptors (Lipinski definition) is 6. The standard InChI is InChI=1S/C36H48FNO6/c1-22(20-37)25-6-8-27(9-7-25)35(40)38-16-15-30(26-10-12-29(42-2)13-11-26)34(38)31(39)18-24-5-14-32-28(17-24)19-33(44-32)36(41)43-21-23-3-4-23/h5,14,17,19,22-23,25-27,29-30,34H,3-4,6-13,15-16,18,20-21H2,1-2H3/t22-,25?,26?,27?,29?,30+,34+/m1/s1. The number of rotatable bonds is 11. The predicted molar refractivity (Wildman–Crippen MR) is 165 cm³/mol. The number of likely N-dealkylation sites (tertiary alicyclic amines) is 1. The molecule has 0 bridgehead atoms. The number of alkyl halides is 1. The molecule has 1 aromatic carbocycles. The Labute approximate surface area is 260 Å². The van der Waals surface area contributed by atoms with E-state index in [1.54, 1.807) is 13.2 Å². The summed E-state index contributed by atoms with van der Waals surface area (Å²) in [6.07, 6.45) is 10.9. The number of hydrogen-bond donors (Lipinski definition) is 0. The fraction of sp³-hybridized carbons (Fsp3) is 0.694. The Morgan fingerprint density at radius 2 is 1.73 bits per heavy atom. The van der Waals surface area contributed by atoms with Crippen LogP contribution < -0.4 is 0 Å². The summed E-state index contributed by atoms with van der Waals surface area (Å²) in [6.45, 7) is 2.71. The van der Waals surface area contributed by atoms with Gasteiger partial charge < -0.3 is 18.8 Å². The third kappa shape index (κ3) is 6.90. The van der Waals surface area contributed by atoms with Crippen LogP contribution in [0, 0.1) is 35.5 Å². The summed E-state index contributed by atoms with van der Waals surface area (Å²) in [6, 6.07) is 6.88. The molecule has 44 heavy (non-hydrogen) atoms. The van der Waals surface area contributed by atoms with Crippen molar-refractivity contribution in [2.75, 3.05) is 26.9 Å². The van der Waals surface area contributed by atoms with Crippen molar-refractivity contribution in [3.05, 3.63) is 35.6 Å². The highest BCUT2D eigenvalue weighted by Crippen LogP contribution is 2.42. The second kappa shape index (κ2) is 13.7. The molecule has 1 saturated heterocycles. The number of methoxy groups -OCH3 is 1. The number of nitrogens with zero attached hydrogens (tertiary/aromatic N) is 1. The lowest BCUT2D eigenvalue weighted by molar-refractivity contribution is -0.143. The molecule has 3 saturated carbocycles. The zero-order chi connectivity index (χ0) is 30.8. The number of amides is 1. The van der Waals surface area contributed by atoms with Gasteiger partial charge in [-0.25, -0.2) is 4.79 Å². The number of fused-ring (bicyclic) bond motifs is 1. The van der Waals surface area contributed by atoms with E-state index in [-0.39, 0.29) is 54.4 Å². The van der Waals surface area contributed by atoms with Crippen LogP contribution in [0.4, 0.5) is 4.39 Å². The van der Waals surface area contributed by atoms with E-state index in [4.69, 9.17) is 13.9 Å². The molecule has 0 spiro atoms. The molecule has 240 valence electrons. The van der Waals surface area contributed by atoms with Gasteiger partial charge in [-0.15, -0.1) is 0 Å². The van der Waals surface area contributed by atoms with Gasteiger partial charge in [0.25, 0.3) is 0 Å². The second-order valence-electron chi connectivity index (χ2n) is 14.1. The smallest absolute Gasteiger partial charge is 0.374 e. The Bertz CT molecular complexity index is 1320. The fourth-order valence-corrected chi connectivity index (χ4v) is 8.18. The van der Waals surface area contributed by atoms with Crippen LogP contribution in [0.3, 0.4) is 0 Å². The average molecular weight is 610 g/mol. The van der Waals surface area contributed by atoms with Crippen molar-refractivity contribution in [3.8, 4) is 0 Å². The molecule has 3 atom stereocenters. The molecule has 0 N–H and O–H groups in total. The van der Waals surface area contributed by atoms with Gasteiger partial charge in [0.15, 0.2) is 5.78 Å². The molecule has 6 rings (SSSR count). The Balaban J connectivity index is 1.17. The molecule has 8 heteroatoms. The molecule has 2 aromatic rings. The summed E-state index contributed by atoms with van der Waals surface area (Å²) in [5, 5.41) is 0.765. The SMILES string of the molecule is COC1CCC([C@@H]2CCN(C(=O)C3CCC([C@H](C)CF)CC3)[C@@H]2C(=O)Cc2ccc3oc(C(=O)OCC4CC4)cc3c2)CC1. The first-order chi connectivity index (χ1) is 21.3. The van der Waals surface area contributed by atoms with Crippen molar-refractivity contribution in [1.29, 1.82) is 0 Å². The number of halogens is 1. The molecule has 1 aromatic heterocycles. The molecule has 2 heterocycles. The largest absolute Gasteiger partial charge is 0.460 e. The Hall–Kier alpha value is -2.74. The van der Waals surface area contributed by atoms with Crippen molar-refractivity contribution >= 4 is 28.6 Å². The highest BCUT2D eigenvalue weighted by molar-refractivity contribution is 5.94. The summed E-state index contributed by atoms with van der Waals surface area (Å²) >= 11 is 0. The third-order valence-electron chi connectivity index (χ3n) is 11.2. The second-order valence-corrected chi connectivity index (χ2v) is 14.1. The predicted octanol–water partition coefficient (Wildman–Crippen LogP) is 6.95. The number of carbonyl (C=O) groups is 3. The van der Waals surface area contributed by atoms with Crippen LogP contribution in [0.15, 0.2) is 28.7 Å². The van der Waals surface area contributed by atoms with Gasteiger partial charge in [-0.2, -0.15) is 0 Å². The number of benzene rings is 1. The van der Waals surface area contributed by atoms with Crippen molar-refractivity contribution in [3.63, 3.8) is 0 Å². The van der Waals surface area contributed by atoms with Crippen molar-refractivity contribution in [2.45, 2.75) is 96.1 Å². The van der Waals surface area contributed by atoms with Gasteiger partial charge in [-0.05, 0) is 124 Å². The molecule has 1 aliphatic heterocycles. The van der Waals surface area contributed by atoms with Crippen molar-refractivity contribution in [1.82, 2.24) is 4.90 Å². The van der Waals surface area contributed by atoms with Crippen LogP contribution >= 0.6 is 0 Å². The lowest BCUT2D eigenvalue weighted by atomic mass is 9.74. The van der Waals surface area contributed by atoms with E-state index in [1.165, 1.54) is 0 Å². The minimum Gasteiger partial charge on any atom is -0.460 e. The molecule has 3 aliphatic carbocycles. The molecule has 7 nitrogen and oxygen atoms in total. The fourth-order valence-electron chi connectivity index (χ4n) is 8.18. The Morgan fingerprint density at radius 3 is 2.41 bits per heavy atom. The van der Waals surface area contributed by atoms with Crippen LogP contribution in [0.25, 0.3) is 11.0 Å². The van der Waals surface area contributed by atoms with Crippen LogP contribution in [-0.4, -0.2) is 61.6 Å². The number of ketones is 1. The Morgan fingerprint density at radius 1 is 0.977 bits per heavy atom. The van der Waals surface area contributed by atoms with Crippen LogP contribution in [0.5, 0.6) is 0 Å². The topological polar surface area (TPSA) is 86.0 Å². The normalized spacial score (nSPS) is 29.9.